The highest BCUT2D eigenvalue weighted by molar-refractivity contribution is 8.00. The highest BCUT2D eigenvalue weighted by Crippen LogP contribution is 2.24. The Balaban J connectivity index is 1.63. The molecule has 1 heterocycles. The van der Waals surface area contributed by atoms with Crippen LogP contribution in [0.4, 0.5) is 5.69 Å². The van der Waals surface area contributed by atoms with Crippen LogP contribution in [0.3, 0.4) is 0 Å². The van der Waals surface area contributed by atoms with Crippen molar-refractivity contribution < 1.29 is 4.79 Å². The molecular weight excluding hydrogens is 379 g/mol. The third-order valence-electron chi connectivity index (χ3n) is 3.33. The number of hydrogen-bond donors (Lipinski definition) is 2. The summed E-state index contributed by atoms with van der Waals surface area (Å²) in [6.07, 6.45) is 0. The van der Waals surface area contributed by atoms with Crippen LogP contribution in [0.25, 0.3) is 11.4 Å². The lowest BCUT2D eigenvalue weighted by molar-refractivity contribution is -0.115. The van der Waals surface area contributed by atoms with Crippen LogP contribution in [0, 0.1) is 0 Å². The molecule has 5 nitrogen and oxygen atoms in total. The molecule has 3 aromatic rings. The van der Waals surface area contributed by atoms with E-state index in [1.807, 2.05) is 12.1 Å². The van der Waals surface area contributed by atoms with E-state index in [4.69, 9.17) is 23.2 Å². The Labute approximate surface area is 159 Å². The van der Waals surface area contributed by atoms with E-state index >= 15 is 0 Å². The molecular formula is C17H14Cl2N4OS. The Bertz CT molecular complexity index is 882. The van der Waals surface area contributed by atoms with Gasteiger partial charge in [0.15, 0.2) is 5.82 Å². The molecule has 0 aliphatic rings. The first kappa shape index (κ1) is 17.8. The van der Waals surface area contributed by atoms with Gasteiger partial charge in [0.05, 0.1) is 5.25 Å². The second kappa shape index (κ2) is 7.91. The average molecular weight is 393 g/mol. The van der Waals surface area contributed by atoms with Gasteiger partial charge in [-0.1, -0.05) is 41.0 Å². The lowest BCUT2D eigenvalue weighted by atomic mass is 10.2. The van der Waals surface area contributed by atoms with Gasteiger partial charge in [-0.15, -0.1) is 5.10 Å². The molecule has 0 saturated heterocycles. The fourth-order valence-electron chi connectivity index (χ4n) is 2.06. The van der Waals surface area contributed by atoms with Gasteiger partial charge in [-0.2, -0.15) is 0 Å². The van der Waals surface area contributed by atoms with Crippen molar-refractivity contribution in [3.05, 3.63) is 58.6 Å². The zero-order chi connectivity index (χ0) is 17.8. The molecule has 0 fully saturated rings. The zero-order valence-corrected chi connectivity index (χ0v) is 15.5. The number of nitrogens with zero attached hydrogens (tertiary/aromatic N) is 2. The summed E-state index contributed by atoms with van der Waals surface area (Å²) < 4.78 is 0. The molecule has 0 aliphatic heterocycles. The lowest BCUT2D eigenvalue weighted by Gasteiger charge is -2.10. The number of amides is 1. The maximum atomic E-state index is 12.3. The summed E-state index contributed by atoms with van der Waals surface area (Å²) in [5.41, 5.74) is 1.53. The smallest absolute Gasteiger partial charge is 0.237 e. The molecule has 1 atom stereocenters. The van der Waals surface area contributed by atoms with Crippen LogP contribution >= 0.6 is 35.0 Å². The number of anilines is 1. The molecule has 128 valence electrons. The molecule has 8 heteroatoms. The van der Waals surface area contributed by atoms with Crippen LogP contribution in [0.5, 0.6) is 0 Å². The lowest BCUT2D eigenvalue weighted by Crippen LogP contribution is -2.22. The van der Waals surface area contributed by atoms with E-state index in [1.54, 1.807) is 43.3 Å². The van der Waals surface area contributed by atoms with E-state index in [0.717, 1.165) is 5.56 Å². The minimum atomic E-state index is -0.368. The van der Waals surface area contributed by atoms with Crippen LogP contribution in [0.15, 0.2) is 53.7 Å². The van der Waals surface area contributed by atoms with E-state index in [9.17, 15) is 4.79 Å². The monoisotopic (exact) mass is 392 g/mol. The first-order valence-electron chi connectivity index (χ1n) is 7.43. The maximum absolute atomic E-state index is 12.3. The summed E-state index contributed by atoms with van der Waals surface area (Å²) in [6.45, 7) is 1.79. The van der Waals surface area contributed by atoms with Crippen molar-refractivity contribution in [2.75, 3.05) is 5.32 Å². The molecule has 0 saturated carbocycles. The number of hydrogen-bond acceptors (Lipinski definition) is 4. The van der Waals surface area contributed by atoms with Crippen LogP contribution in [0.2, 0.25) is 10.0 Å². The van der Waals surface area contributed by atoms with E-state index < -0.39 is 0 Å². The number of carbonyl (C=O) groups is 1. The first-order chi connectivity index (χ1) is 12.0. The SMILES string of the molecule is CC(Sc1n[nH]c(-c2ccc(Cl)cc2)n1)C(=O)Nc1cccc(Cl)c1. The standard InChI is InChI=1S/C17H14Cl2N4OS/c1-10(16(24)20-14-4-2-3-13(19)9-14)25-17-21-15(22-23-17)11-5-7-12(18)8-6-11/h2-10H,1H3,(H,20,24)(H,21,22,23). The number of H-pyrrole nitrogens is 1. The van der Waals surface area contributed by atoms with Crippen molar-refractivity contribution >= 4 is 46.6 Å². The van der Waals surface area contributed by atoms with E-state index in [0.29, 0.717) is 26.7 Å². The Morgan fingerprint density at radius 1 is 1.16 bits per heavy atom. The molecule has 25 heavy (non-hydrogen) atoms. The Hall–Kier alpha value is -2.02. The Morgan fingerprint density at radius 2 is 1.92 bits per heavy atom. The molecule has 2 N–H and O–H groups in total. The quantitative estimate of drug-likeness (QED) is 0.605. The van der Waals surface area contributed by atoms with Gasteiger partial charge >= 0.3 is 0 Å². The van der Waals surface area contributed by atoms with Gasteiger partial charge in [-0.05, 0) is 49.4 Å². The zero-order valence-electron chi connectivity index (χ0n) is 13.2. The maximum Gasteiger partial charge on any atom is 0.237 e. The second-order valence-corrected chi connectivity index (χ2v) is 7.41. The number of nitrogens with one attached hydrogen (secondary N) is 2. The normalized spacial score (nSPS) is 12.0. The van der Waals surface area contributed by atoms with E-state index in [2.05, 4.69) is 20.5 Å². The van der Waals surface area contributed by atoms with Gasteiger partial charge in [-0.3, -0.25) is 9.89 Å². The van der Waals surface area contributed by atoms with Crippen LogP contribution in [0.1, 0.15) is 6.92 Å². The van der Waals surface area contributed by atoms with Gasteiger partial charge < -0.3 is 5.32 Å². The van der Waals surface area contributed by atoms with Crippen molar-refractivity contribution in [2.45, 2.75) is 17.3 Å². The summed E-state index contributed by atoms with van der Waals surface area (Å²) in [4.78, 5) is 16.7. The number of rotatable bonds is 5. The largest absolute Gasteiger partial charge is 0.325 e. The number of halogens is 2. The third-order valence-corrected chi connectivity index (χ3v) is 4.77. The molecule has 0 radical (unpaired) electrons. The number of aromatic amines is 1. The van der Waals surface area contributed by atoms with Crippen molar-refractivity contribution in [2.24, 2.45) is 0 Å². The Morgan fingerprint density at radius 3 is 2.64 bits per heavy atom. The fourth-order valence-corrected chi connectivity index (χ4v) is 3.10. The molecule has 3 rings (SSSR count). The van der Waals surface area contributed by atoms with Crippen molar-refractivity contribution in [3.63, 3.8) is 0 Å². The molecule has 1 amide bonds. The van der Waals surface area contributed by atoms with Crippen LogP contribution < -0.4 is 5.32 Å². The van der Waals surface area contributed by atoms with Gasteiger partial charge in [0, 0.05) is 21.3 Å². The minimum absolute atomic E-state index is 0.148. The topological polar surface area (TPSA) is 70.7 Å². The number of thioether (sulfide) groups is 1. The first-order valence-corrected chi connectivity index (χ1v) is 9.06. The Kier molecular flexibility index (Phi) is 5.63. The molecule has 1 aromatic heterocycles. The predicted molar refractivity (Wildman–Crippen MR) is 102 cm³/mol. The van der Waals surface area contributed by atoms with Crippen LogP contribution in [-0.4, -0.2) is 26.3 Å². The van der Waals surface area contributed by atoms with E-state index in [-0.39, 0.29) is 11.2 Å². The molecule has 1 unspecified atom stereocenters. The molecule has 2 aromatic carbocycles. The molecule has 0 spiro atoms. The number of carbonyl (C=O) groups excluding carboxylic acids is 1. The van der Waals surface area contributed by atoms with Gasteiger partial charge in [0.1, 0.15) is 0 Å². The van der Waals surface area contributed by atoms with Crippen molar-refractivity contribution in [1.82, 2.24) is 15.2 Å². The summed E-state index contributed by atoms with van der Waals surface area (Å²) in [5, 5.41) is 11.2. The predicted octanol–water partition coefficient (Wildman–Crippen LogP) is 4.90. The van der Waals surface area contributed by atoms with Gasteiger partial charge in [0.2, 0.25) is 11.1 Å². The minimum Gasteiger partial charge on any atom is -0.325 e. The van der Waals surface area contributed by atoms with Crippen molar-refractivity contribution in [1.29, 1.82) is 0 Å². The highest BCUT2D eigenvalue weighted by Gasteiger charge is 2.17. The average Bonchev–Trinajstić information content (AvgIpc) is 3.04. The number of aromatic nitrogens is 3. The fraction of sp³-hybridized carbons (Fsp3) is 0.118. The summed E-state index contributed by atoms with van der Waals surface area (Å²) >= 11 is 13.1. The third kappa shape index (κ3) is 4.75. The second-order valence-electron chi connectivity index (χ2n) is 5.23. The number of benzene rings is 2. The summed E-state index contributed by atoms with van der Waals surface area (Å²) in [6, 6.07) is 14.3. The van der Waals surface area contributed by atoms with Crippen LogP contribution in [-0.2, 0) is 4.79 Å². The van der Waals surface area contributed by atoms with Crippen molar-refractivity contribution in [3.8, 4) is 11.4 Å². The molecule has 0 bridgehead atoms. The summed E-state index contributed by atoms with van der Waals surface area (Å²) in [7, 11) is 0. The van der Waals surface area contributed by atoms with Gasteiger partial charge in [0.25, 0.3) is 0 Å². The van der Waals surface area contributed by atoms with E-state index in [1.165, 1.54) is 11.8 Å². The molecule has 0 aliphatic carbocycles. The summed E-state index contributed by atoms with van der Waals surface area (Å²) in [5.74, 6) is 0.478. The highest BCUT2D eigenvalue weighted by atomic mass is 35.5. The van der Waals surface area contributed by atoms with Gasteiger partial charge in [-0.25, -0.2) is 4.98 Å².